The Morgan fingerprint density at radius 2 is 1.52 bits per heavy atom. The molecule has 0 aliphatic heterocycles. The minimum absolute atomic E-state index is 0.937. The zero-order chi connectivity index (χ0) is 21.8. The summed E-state index contributed by atoms with van der Waals surface area (Å²) in [6, 6.07) is 26.4. The van der Waals surface area contributed by atoms with Gasteiger partial charge in [0.05, 0.1) is 0 Å². The van der Waals surface area contributed by atoms with Gasteiger partial charge >= 0.3 is 175 Å². The Balaban J connectivity index is 1.70. The standard InChI is InChI=1S/C28H28GeNO/c1-19-10-15-24-23-8-6-7-9-26(23)31-28(24)27(19)25-18-21(16-17-30(25)5)20-11-13-22(14-12-20)29(2,3)4/h6-18H,1-5H3/q+1. The molecule has 0 atom stereocenters. The first kappa shape index (κ1) is 20.1. The monoisotopic (exact) mass is 468 g/mol. The van der Waals surface area contributed by atoms with Crippen molar-refractivity contribution in [1.82, 2.24) is 0 Å². The summed E-state index contributed by atoms with van der Waals surface area (Å²) in [4.78, 5) is 0. The number of fused-ring (bicyclic) bond motifs is 3. The third kappa shape index (κ3) is 3.49. The number of hydrogen-bond acceptors (Lipinski definition) is 1. The summed E-state index contributed by atoms with van der Waals surface area (Å²) in [7, 11) is 2.11. The molecular formula is C28H28GeNO+. The van der Waals surface area contributed by atoms with Crippen LogP contribution in [0.5, 0.6) is 0 Å². The summed E-state index contributed by atoms with van der Waals surface area (Å²) in [6.45, 7) is 2.17. The van der Waals surface area contributed by atoms with Gasteiger partial charge in [-0.3, -0.25) is 0 Å². The van der Waals surface area contributed by atoms with Gasteiger partial charge in [0.15, 0.2) is 0 Å². The van der Waals surface area contributed by atoms with Gasteiger partial charge in [0.2, 0.25) is 0 Å². The molecule has 0 bridgehead atoms. The Labute approximate surface area is 186 Å². The van der Waals surface area contributed by atoms with Crippen LogP contribution < -0.4 is 8.96 Å². The second-order valence-electron chi connectivity index (χ2n) is 9.47. The van der Waals surface area contributed by atoms with E-state index in [0.717, 1.165) is 16.9 Å². The van der Waals surface area contributed by atoms with Crippen LogP contribution in [-0.2, 0) is 7.05 Å². The van der Waals surface area contributed by atoms with Gasteiger partial charge in [0, 0.05) is 0 Å². The first-order valence-electron chi connectivity index (χ1n) is 10.8. The van der Waals surface area contributed by atoms with Crippen LogP contribution in [0.4, 0.5) is 0 Å². The van der Waals surface area contributed by atoms with Crippen molar-refractivity contribution < 1.29 is 8.98 Å². The predicted octanol–water partition coefficient (Wildman–Crippen LogP) is 6.60. The Bertz CT molecular complexity index is 1420. The fourth-order valence-corrected chi connectivity index (χ4v) is 6.81. The second-order valence-corrected chi connectivity index (χ2v) is 20.1. The van der Waals surface area contributed by atoms with E-state index in [2.05, 4.69) is 103 Å². The molecule has 2 heterocycles. The number of aromatic nitrogens is 1. The molecule has 0 N–H and O–H groups in total. The van der Waals surface area contributed by atoms with Gasteiger partial charge in [0.1, 0.15) is 0 Å². The van der Waals surface area contributed by atoms with Crippen LogP contribution in [-0.4, -0.2) is 13.3 Å². The maximum atomic E-state index is 6.37. The van der Waals surface area contributed by atoms with E-state index in [-0.39, 0.29) is 0 Å². The molecule has 154 valence electrons. The zero-order valence-corrected chi connectivity index (χ0v) is 21.0. The van der Waals surface area contributed by atoms with Crippen LogP contribution in [0.2, 0.25) is 17.3 Å². The first-order chi connectivity index (χ1) is 14.8. The number of furan rings is 1. The van der Waals surface area contributed by atoms with E-state index in [4.69, 9.17) is 4.42 Å². The van der Waals surface area contributed by atoms with Crippen molar-refractivity contribution in [3.05, 3.63) is 84.6 Å². The van der Waals surface area contributed by atoms with E-state index in [0.29, 0.717) is 0 Å². The molecule has 0 radical (unpaired) electrons. The molecule has 0 unspecified atom stereocenters. The molecule has 0 spiro atoms. The van der Waals surface area contributed by atoms with Gasteiger partial charge in [-0.05, 0) is 0 Å². The maximum absolute atomic E-state index is 6.37. The molecule has 0 saturated carbocycles. The SMILES string of the molecule is Cc1ccc2c(oc3ccccc32)c1-c1cc(-c2cc[c]([Ge]([CH3])([CH3])[CH3])cc2)cc[n+]1C. The zero-order valence-electron chi connectivity index (χ0n) is 18.9. The normalized spacial score (nSPS) is 12.0. The van der Waals surface area contributed by atoms with Crippen molar-refractivity contribution in [2.24, 2.45) is 7.05 Å². The third-order valence-corrected chi connectivity index (χ3v) is 10.6. The van der Waals surface area contributed by atoms with Gasteiger partial charge in [-0.25, -0.2) is 0 Å². The van der Waals surface area contributed by atoms with Crippen LogP contribution in [0.1, 0.15) is 5.56 Å². The second kappa shape index (κ2) is 7.38. The molecule has 5 rings (SSSR count). The molecule has 2 aromatic heterocycles. The molecular weight excluding hydrogens is 439 g/mol. The fraction of sp³-hybridized carbons (Fsp3) is 0.179. The van der Waals surface area contributed by atoms with Gasteiger partial charge in [-0.1, -0.05) is 12.1 Å². The van der Waals surface area contributed by atoms with Crippen LogP contribution in [0, 0.1) is 6.92 Å². The van der Waals surface area contributed by atoms with Crippen molar-refractivity contribution in [2.75, 3.05) is 0 Å². The molecule has 0 aliphatic rings. The molecule has 31 heavy (non-hydrogen) atoms. The van der Waals surface area contributed by atoms with Gasteiger partial charge in [0.25, 0.3) is 0 Å². The molecule has 3 aromatic carbocycles. The summed E-state index contributed by atoms with van der Waals surface area (Å²) in [6.07, 6.45) is 2.15. The van der Waals surface area contributed by atoms with Crippen LogP contribution in [0.15, 0.2) is 83.4 Å². The number of para-hydroxylation sites is 1. The quantitative estimate of drug-likeness (QED) is 0.216. The number of rotatable bonds is 3. The predicted molar refractivity (Wildman–Crippen MR) is 133 cm³/mol. The summed E-state index contributed by atoms with van der Waals surface area (Å²) in [5, 5.41) is 2.34. The first-order valence-corrected chi connectivity index (χ1v) is 18.2. The van der Waals surface area contributed by atoms with Gasteiger partial charge in [-0.15, -0.1) is 0 Å². The Hall–Kier alpha value is -2.85. The van der Waals surface area contributed by atoms with Crippen molar-refractivity contribution in [2.45, 2.75) is 24.2 Å². The van der Waals surface area contributed by atoms with E-state index < -0.39 is 13.3 Å². The molecule has 0 fully saturated rings. The minimum atomic E-state index is -1.81. The van der Waals surface area contributed by atoms with Crippen molar-refractivity contribution in [3.8, 4) is 22.4 Å². The molecule has 0 aliphatic carbocycles. The van der Waals surface area contributed by atoms with Crippen LogP contribution >= 0.6 is 0 Å². The average molecular weight is 467 g/mol. The number of nitrogens with zero attached hydrogens (tertiary/aromatic N) is 1. The van der Waals surface area contributed by atoms with E-state index in [1.165, 1.54) is 37.4 Å². The van der Waals surface area contributed by atoms with E-state index in [1.54, 1.807) is 0 Å². The molecule has 3 heteroatoms. The molecule has 0 amide bonds. The summed E-state index contributed by atoms with van der Waals surface area (Å²) < 4.78 is 10.1. The van der Waals surface area contributed by atoms with Crippen molar-refractivity contribution in [1.29, 1.82) is 0 Å². The van der Waals surface area contributed by atoms with E-state index in [1.807, 2.05) is 12.1 Å². The Morgan fingerprint density at radius 1 is 0.774 bits per heavy atom. The summed E-state index contributed by atoms with van der Waals surface area (Å²) in [5.74, 6) is 7.31. The number of pyridine rings is 1. The fourth-order valence-electron chi connectivity index (χ4n) is 4.37. The summed E-state index contributed by atoms with van der Waals surface area (Å²) >= 11 is -1.81. The van der Waals surface area contributed by atoms with E-state index >= 15 is 0 Å². The van der Waals surface area contributed by atoms with Gasteiger partial charge < -0.3 is 0 Å². The number of benzene rings is 3. The Kier molecular flexibility index (Phi) is 4.78. The molecule has 5 aromatic rings. The summed E-state index contributed by atoms with van der Waals surface area (Å²) in [5.41, 5.74) is 7.93. The number of hydrogen-bond donors (Lipinski definition) is 0. The molecule has 2 nitrogen and oxygen atoms in total. The van der Waals surface area contributed by atoms with Crippen LogP contribution in [0.25, 0.3) is 44.3 Å². The Morgan fingerprint density at radius 3 is 2.26 bits per heavy atom. The topological polar surface area (TPSA) is 17.0 Å². The van der Waals surface area contributed by atoms with Gasteiger partial charge in [-0.2, -0.15) is 0 Å². The average Bonchev–Trinajstić information content (AvgIpc) is 3.12. The van der Waals surface area contributed by atoms with Crippen LogP contribution in [0.3, 0.4) is 0 Å². The number of aryl methyl sites for hydroxylation is 2. The van der Waals surface area contributed by atoms with E-state index in [9.17, 15) is 0 Å². The molecule has 0 saturated heterocycles. The third-order valence-electron chi connectivity index (χ3n) is 6.25. The van der Waals surface area contributed by atoms with Crippen molar-refractivity contribution >= 4 is 39.6 Å². The van der Waals surface area contributed by atoms with Crippen molar-refractivity contribution in [3.63, 3.8) is 0 Å².